The minimum atomic E-state index is -0.254. The molecule has 1 heterocycles. The standard InChI is InChI=1S/C9H7ClFN.C2H5N3O.ClH/c1-12-5-8(10)7-4-6(11)2-3-9(7)12;3-2(4)5-1-6;/h2-5H,1H3;1H,(H4,3,4,5,6);1H. The average molecular weight is 307 g/mol. The summed E-state index contributed by atoms with van der Waals surface area (Å²) in [6.07, 6.45) is 2.06. The molecule has 4 N–H and O–H groups in total. The molecule has 0 spiro atoms. The van der Waals surface area contributed by atoms with Crippen LogP contribution in [0.4, 0.5) is 4.39 Å². The van der Waals surface area contributed by atoms with Gasteiger partial charge in [-0.2, -0.15) is 4.99 Å². The smallest absolute Gasteiger partial charge is 0.236 e. The number of hydrogen-bond acceptors (Lipinski definition) is 1. The van der Waals surface area contributed by atoms with Crippen molar-refractivity contribution in [2.45, 2.75) is 0 Å². The molecule has 0 unspecified atom stereocenters. The number of fused-ring (bicyclic) bond motifs is 1. The van der Waals surface area contributed by atoms with E-state index in [1.807, 2.05) is 11.6 Å². The summed E-state index contributed by atoms with van der Waals surface area (Å²) in [6, 6.07) is 4.59. The van der Waals surface area contributed by atoms with Crippen LogP contribution in [0.5, 0.6) is 0 Å². The molecule has 0 aliphatic carbocycles. The van der Waals surface area contributed by atoms with Gasteiger partial charge in [0.15, 0.2) is 5.96 Å². The summed E-state index contributed by atoms with van der Waals surface area (Å²) >= 11 is 5.86. The van der Waals surface area contributed by atoms with Crippen LogP contribution >= 0.6 is 24.0 Å². The van der Waals surface area contributed by atoms with E-state index in [0.29, 0.717) is 5.02 Å². The fraction of sp³-hybridized carbons (Fsp3) is 0.0909. The van der Waals surface area contributed by atoms with Crippen molar-refractivity contribution in [3.05, 3.63) is 35.2 Å². The van der Waals surface area contributed by atoms with Gasteiger partial charge in [0.05, 0.1) is 5.02 Å². The minimum Gasteiger partial charge on any atom is -0.370 e. The molecule has 0 radical (unpaired) electrons. The SMILES string of the molecule is Cl.Cn1cc(Cl)c2cc(F)ccc21.NC(N)=NC=O. The van der Waals surface area contributed by atoms with Gasteiger partial charge in [-0.3, -0.25) is 4.79 Å². The van der Waals surface area contributed by atoms with Crippen LogP contribution in [-0.4, -0.2) is 16.9 Å². The number of halogens is 3. The van der Waals surface area contributed by atoms with E-state index in [-0.39, 0.29) is 30.6 Å². The predicted octanol–water partition coefficient (Wildman–Crippen LogP) is 1.81. The number of aromatic nitrogens is 1. The number of benzene rings is 1. The van der Waals surface area contributed by atoms with Gasteiger partial charge in [-0.15, -0.1) is 12.4 Å². The van der Waals surface area contributed by atoms with Crippen LogP contribution in [0.15, 0.2) is 29.4 Å². The summed E-state index contributed by atoms with van der Waals surface area (Å²) in [7, 11) is 1.88. The van der Waals surface area contributed by atoms with Crippen LogP contribution in [0.1, 0.15) is 0 Å². The molecule has 0 saturated carbocycles. The molecule has 0 aliphatic heterocycles. The van der Waals surface area contributed by atoms with Crippen molar-refractivity contribution in [2.75, 3.05) is 0 Å². The van der Waals surface area contributed by atoms with E-state index in [9.17, 15) is 9.18 Å². The third kappa shape index (κ3) is 4.76. The molecule has 1 aromatic heterocycles. The molecule has 0 fully saturated rings. The van der Waals surface area contributed by atoms with Crippen molar-refractivity contribution in [2.24, 2.45) is 23.5 Å². The van der Waals surface area contributed by atoms with Gasteiger partial charge in [0.25, 0.3) is 0 Å². The molecule has 19 heavy (non-hydrogen) atoms. The monoisotopic (exact) mass is 306 g/mol. The van der Waals surface area contributed by atoms with Crippen LogP contribution in [-0.2, 0) is 11.8 Å². The van der Waals surface area contributed by atoms with Crippen LogP contribution in [0.3, 0.4) is 0 Å². The van der Waals surface area contributed by atoms with Gasteiger partial charge in [-0.25, -0.2) is 4.39 Å². The molecule has 104 valence electrons. The number of aliphatic imine (C=N–C) groups is 1. The Bertz CT molecular complexity index is 594. The minimum absolute atomic E-state index is 0. The first-order valence-corrected chi connectivity index (χ1v) is 5.26. The Kier molecular flexibility index (Phi) is 6.89. The van der Waals surface area contributed by atoms with Gasteiger partial charge in [0.1, 0.15) is 5.82 Å². The molecule has 0 saturated heterocycles. The maximum Gasteiger partial charge on any atom is 0.236 e. The molecule has 2 aromatic rings. The molecular formula is C11H13Cl2FN4O. The zero-order valence-electron chi connectivity index (χ0n) is 10.0. The molecule has 0 bridgehead atoms. The summed E-state index contributed by atoms with van der Waals surface area (Å²) in [4.78, 5) is 12.2. The van der Waals surface area contributed by atoms with Crippen LogP contribution in [0, 0.1) is 5.82 Å². The Morgan fingerprint density at radius 3 is 2.58 bits per heavy atom. The lowest BCUT2D eigenvalue weighted by Gasteiger charge is -1.94. The first kappa shape index (κ1) is 17.2. The van der Waals surface area contributed by atoms with E-state index in [4.69, 9.17) is 23.1 Å². The van der Waals surface area contributed by atoms with E-state index in [0.717, 1.165) is 10.9 Å². The Morgan fingerprint density at radius 2 is 2.11 bits per heavy atom. The summed E-state index contributed by atoms with van der Waals surface area (Å²) in [5, 5.41) is 1.35. The number of guanidine groups is 1. The van der Waals surface area contributed by atoms with E-state index in [1.54, 1.807) is 12.3 Å². The molecule has 1 aromatic carbocycles. The maximum atomic E-state index is 12.8. The largest absolute Gasteiger partial charge is 0.370 e. The average Bonchev–Trinajstić information content (AvgIpc) is 2.55. The quantitative estimate of drug-likeness (QED) is 0.478. The zero-order chi connectivity index (χ0) is 13.7. The molecule has 5 nitrogen and oxygen atoms in total. The topological polar surface area (TPSA) is 86.4 Å². The van der Waals surface area contributed by atoms with Crippen molar-refractivity contribution in [1.29, 1.82) is 0 Å². The Balaban J connectivity index is 0.000000404. The van der Waals surface area contributed by atoms with E-state index in [1.165, 1.54) is 12.1 Å². The lowest BCUT2D eigenvalue weighted by atomic mass is 10.2. The predicted molar refractivity (Wildman–Crippen MR) is 77.0 cm³/mol. The van der Waals surface area contributed by atoms with E-state index >= 15 is 0 Å². The second-order valence-corrected chi connectivity index (χ2v) is 3.82. The van der Waals surface area contributed by atoms with Crippen LogP contribution in [0.25, 0.3) is 10.9 Å². The van der Waals surface area contributed by atoms with Gasteiger partial charge >= 0.3 is 0 Å². The number of hydrogen-bond donors (Lipinski definition) is 2. The lowest BCUT2D eigenvalue weighted by molar-refractivity contribution is -0.106. The van der Waals surface area contributed by atoms with Crippen molar-refractivity contribution >= 4 is 47.3 Å². The number of nitrogens with two attached hydrogens (primary N) is 2. The van der Waals surface area contributed by atoms with Gasteiger partial charge in [0, 0.05) is 24.1 Å². The highest BCUT2D eigenvalue weighted by molar-refractivity contribution is 6.35. The number of amides is 1. The first-order valence-electron chi connectivity index (χ1n) is 4.88. The lowest BCUT2D eigenvalue weighted by Crippen LogP contribution is -2.22. The van der Waals surface area contributed by atoms with Crippen molar-refractivity contribution in [1.82, 2.24) is 4.57 Å². The summed E-state index contributed by atoms with van der Waals surface area (Å²) in [5.74, 6) is -0.458. The third-order valence-electron chi connectivity index (χ3n) is 2.10. The van der Waals surface area contributed by atoms with Gasteiger partial charge in [-0.05, 0) is 18.2 Å². The highest BCUT2D eigenvalue weighted by Gasteiger charge is 2.04. The van der Waals surface area contributed by atoms with Crippen molar-refractivity contribution in [3.8, 4) is 0 Å². The molecule has 0 atom stereocenters. The van der Waals surface area contributed by atoms with E-state index < -0.39 is 0 Å². The Labute approximate surface area is 120 Å². The summed E-state index contributed by atoms with van der Waals surface area (Å²) in [5.41, 5.74) is 10.3. The molecule has 8 heteroatoms. The van der Waals surface area contributed by atoms with E-state index in [2.05, 4.69) is 4.99 Å². The highest BCUT2D eigenvalue weighted by atomic mass is 35.5. The number of rotatable bonds is 1. The molecule has 1 amide bonds. The molecule has 2 rings (SSSR count). The van der Waals surface area contributed by atoms with Crippen molar-refractivity contribution in [3.63, 3.8) is 0 Å². The normalized spacial score (nSPS) is 9.00. The van der Waals surface area contributed by atoms with Gasteiger partial charge in [0.2, 0.25) is 6.41 Å². The third-order valence-corrected chi connectivity index (χ3v) is 2.41. The number of carbonyl (C=O) groups is 1. The van der Waals surface area contributed by atoms with Crippen molar-refractivity contribution < 1.29 is 9.18 Å². The summed E-state index contributed by atoms with van der Waals surface area (Å²) < 4.78 is 14.6. The number of nitrogens with zero attached hydrogens (tertiary/aromatic N) is 2. The fourth-order valence-electron chi connectivity index (χ4n) is 1.38. The Morgan fingerprint density at radius 1 is 1.47 bits per heavy atom. The number of carbonyl (C=O) groups excluding carboxylic acids is 1. The van der Waals surface area contributed by atoms with Crippen LogP contribution in [0.2, 0.25) is 5.02 Å². The zero-order valence-corrected chi connectivity index (χ0v) is 11.6. The van der Waals surface area contributed by atoms with Gasteiger partial charge < -0.3 is 16.0 Å². The number of aryl methyl sites for hydroxylation is 1. The highest BCUT2D eigenvalue weighted by Crippen LogP contribution is 2.25. The molecular weight excluding hydrogens is 294 g/mol. The maximum absolute atomic E-state index is 12.8. The fourth-order valence-corrected chi connectivity index (χ4v) is 1.67. The second kappa shape index (κ2) is 7.60. The first-order chi connectivity index (χ1) is 8.45. The van der Waals surface area contributed by atoms with Crippen LogP contribution < -0.4 is 11.5 Å². The summed E-state index contributed by atoms with van der Waals surface area (Å²) in [6.45, 7) is 0. The molecule has 0 aliphatic rings. The Hall–Kier alpha value is -1.79. The second-order valence-electron chi connectivity index (χ2n) is 3.41. The van der Waals surface area contributed by atoms with Gasteiger partial charge in [-0.1, -0.05) is 11.6 Å².